The first-order valence-electron chi connectivity index (χ1n) is 22.8. The van der Waals surface area contributed by atoms with Gasteiger partial charge in [-0.3, -0.25) is 0 Å². The maximum absolute atomic E-state index is 6.47. The number of anilines is 3. The van der Waals surface area contributed by atoms with Crippen LogP contribution in [-0.2, 0) is 0 Å². The number of benzene rings is 11. The first kappa shape index (κ1) is 38.9. The molecule has 0 aliphatic heterocycles. The van der Waals surface area contributed by atoms with E-state index in [-0.39, 0.29) is 0 Å². The number of furan rings is 1. The number of hydrogen-bond acceptors (Lipinski definition) is 3. The molecule has 11 aromatic carbocycles. The zero-order valence-corrected chi connectivity index (χ0v) is 37.3. The van der Waals surface area contributed by atoms with Crippen LogP contribution in [0.15, 0.2) is 253 Å². The van der Waals surface area contributed by atoms with Gasteiger partial charge < -0.3 is 9.32 Å². The van der Waals surface area contributed by atoms with Gasteiger partial charge in [-0.05, 0) is 104 Å². The maximum atomic E-state index is 6.47. The molecule has 0 aliphatic carbocycles. The summed E-state index contributed by atoms with van der Waals surface area (Å²) < 4.78 is 9.08. The summed E-state index contributed by atoms with van der Waals surface area (Å²) >= 11 is 1.89. The van der Waals surface area contributed by atoms with E-state index in [0.717, 1.165) is 50.1 Å². The molecule has 67 heavy (non-hydrogen) atoms. The van der Waals surface area contributed by atoms with Crippen molar-refractivity contribution in [2.24, 2.45) is 0 Å². The summed E-state index contributed by atoms with van der Waals surface area (Å²) in [6.07, 6.45) is 0. The highest BCUT2D eigenvalue weighted by atomic mass is 32.1. The fourth-order valence-corrected chi connectivity index (χ4v) is 11.4. The topological polar surface area (TPSA) is 16.4 Å². The second kappa shape index (κ2) is 16.2. The molecule has 314 valence electrons. The number of fused-ring (bicyclic) bond motifs is 8. The first-order chi connectivity index (χ1) is 33.2. The van der Waals surface area contributed by atoms with Crippen LogP contribution in [-0.4, -0.2) is 0 Å². The monoisotopic (exact) mass is 871 g/mol. The van der Waals surface area contributed by atoms with Crippen LogP contribution in [0.5, 0.6) is 0 Å². The first-order valence-corrected chi connectivity index (χ1v) is 23.6. The van der Waals surface area contributed by atoms with Crippen LogP contribution in [0, 0.1) is 0 Å². The van der Waals surface area contributed by atoms with Gasteiger partial charge in [0.15, 0.2) is 0 Å². The Balaban J connectivity index is 0.967. The van der Waals surface area contributed by atoms with Gasteiger partial charge in [-0.25, -0.2) is 0 Å². The molecule has 0 fully saturated rings. The van der Waals surface area contributed by atoms with Crippen LogP contribution in [0.1, 0.15) is 0 Å². The molecule has 0 amide bonds. The highest BCUT2D eigenvalue weighted by Crippen LogP contribution is 2.51. The standard InChI is InChI=1S/C64H41NOS/c1-3-14-42(15-4-1)44-26-28-47(29-27-44)60-54-19-7-8-20-56(54)64-62(57-21-10-12-25-59(57)67-64)61(60)48-34-40-51(41-35-48)65(49-36-30-45(31-37-49)43-16-5-2-6-17-43)50-38-32-46(33-39-50)52-22-13-23-55-53-18-9-11-24-58(53)66-63(52)55/h1-41H. The van der Waals surface area contributed by atoms with E-state index in [1.54, 1.807) is 0 Å². The average Bonchev–Trinajstić information content (AvgIpc) is 3.99. The van der Waals surface area contributed by atoms with E-state index in [0.29, 0.717) is 0 Å². The van der Waals surface area contributed by atoms with Gasteiger partial charge in [-0.1, -0.05) is 200 Å². The molecule has 0 bridgehead atoms. The Kier molecular flexibility index (Phi) is 9.40. The lowest BCUT2D eigenvalue weighted by atomic mass is 9.86. The van der Waals surface area contributed by atoms with E-state index < -0.39 is 0 Å². The van der Waals surface area contributed by atoms with Gasteiger partial charge in [0.05, 0.1) is 0 Å². The fourth-order valence-electron chi connectivity index (χ4n) is 10.1. The lowest BCUT2D eigenvalue weighted by Crippen LogP contribution is -2.09. The van der Waals surface area contributed by atoms with E-state index in [4.69, 9.17) is 4.42 Å². The van der Waals surface area contributed by atoms with Crippen molar-refractivity contribution >= 4 is 81.3 Å². The molecule has 0 aliphatic rings. The lowest BCUT2D eigenvalue weighted by molar-refractivity contribution is 0.670. The summed E-state index contributed by atoms with van der Waals surface area (Å²) in [5.74, 6) is 0. The minimum atomic E-state index is 0.903. The normalized spacial score (nSPS) is 11.6. The van der Waals surface area contributed by atoms with Gasteiger partial charge in [0.2, 0.25) is 0 Å². The maximum Gasteiger partial charge on any atom is 0.143 e. The molecule has 0 unspecified atom stereocenters. The third-order valence-corrected chi connectivity index (χ3v) is 14.5. The summed E-state index contributed by atoms with van der Waals surface area (Å²) in [5, 5.41) is 7.39. The molecule has 0 saturated carbocycles. The van der Waals surface area contributed by atoms with Crippen molar-refractivity contribution in [2.75, 3.05) is 4.90 Å². The number of para-hydroxylation sites is 2. The number of thiophene rings is 1. The van der Waals surface area contributed by atoms with E-state index in [2.05, 4.69) is 241 Å². The molecule has 0 atom stereocenters. The third kappa shape index (κ3) is 6.71. The summed E-state index contributed by atoms with van der Waals surface area (Å²) in [6.45, 7) is 0. The Morgan fingerprint density at radius 2 is 0.746 bits per heavy atom. The number of hydrogen-bond donors (Lipinski definition) is 0. The highest BCUT2D eigenvalue weighted by molar-refractivity contribution is 7.26. The van der Waals surface area contributed by atoms with Crippen molar-refractivity contribution in [3.05, 3.63) is 249 Å². The average molecular weight is 872 g/mol. The van der Waals surface area contributed by atoms with Crippen molar-refractivity contribution in [1.29, 1.82) is 0 Å². The van der Waals surface area contributed by atoms with Crippen LogP contribution in [0.2, 0.25) is 0 Å². The van der Waals surface area contributed by atoms with Crippen molar-refractivity contribution < 1.29 is 4.42 Å². The molecule has 0 N–H and O–H groups in total. The van der Waals surface area contributed by atoms with Crippen molar-refractivity contribution in [1.82, 2.24) is 0 Å². The van der Waals surface area contributed by atoms with Gasteiger partial charge >= 0.3 is 0 Å². The Labute approximate surface area is 392 Å². The summed E-state index contributed by atoms with van der Waals surface area (Å²) in [7, 11) is 0. The fraction of sp³-hybridized carbons (Fsp3) is 0. The molecular weight excluding hydrogens is 831 g/mol. The zero-order chi connectivity index (χ0) is 44.3. The molecule has 2 nitrogen and oxygen atoms in total. The Bertz CT molecular complexity index is 3930. The van der Waals surface area contributed by atoms with Crippen LogP contribution in [0.4, 0.5) is 17.1 Å². The Morgan fingerprint density at radius 3 is 1.39 bits per heavy atom. The molecule has 13 rings (SSSR count). The van der Waals surface area contributed by atoms with E-state index >= 15 is 0 Å². The van der Waals surface area contributed by atoms with E-state index in [9.17, 15) is 0 Å². The minimum Gasteiger partial charge on any atom is -0.455 e. The second-order valence-corrected chi connectivity index (χ2v) is 18.2. The van der Waals surface area contributed by atoms with Crippen LogP contribution < -0.4 is 4.90 Å². The Hall–Kier alpha value is -8.50. The predicted octanol–water partition coefficient (Wildman–Crippen LogP) is 18.9. The SMILES string of the molecule is c1ccc(-c2ccc(-c3c(-c4ccc(N(c5ccc(-c6ccccc6)cc5)c5ccc(-c6cccc7c6oc6ccccc67)cc5)cc4)c4c5ccccc5sc4c4ccccc34)cc2)cc1. The van der Waals surface area contributed by atoms with E-state index in [1.165, 1.54) is 75.5 Å². The van der Waals surface area contributed by atoms with Crippen LogP contribution in [0.3, 0.4) is 0 Å². The van der Waals surface area contributed by atoms with Crippen LogP contribution in [0.25, 0.3) is 109 Å². The molecule has 0 radical (unpaired) electrons. The smallest absolute Gasteiger partial charge is 0.143 e. The number of rotatable bonds is 8. The lowest BCUT2D eigenvalue weighted by Gasteiger charge is -2.26. The van der Waals surface area contributed by atoms with E-state index in [1.807, 2.05) is 23.5 Å². The summed E-state index contributed by atoms with van der Waals surface area (Å²) in [5.41, 5.74) is 16.9. The molecule has 0 saturated heterocycles. The quantitative estimate of drug-likeness (QED) is 0.151. The molecule has 0 spiro atoms. The highest BCUT2D eigenvalue weighted by Gasteiger charge is 2.22. The van der Waals surface area contributed by atoms with Gasteiger partial charge in [0.25, 0.3) is 0 Å². The summed E-state index contributed by atoms with van der Waals surface area (Å²) in [4.78, 5) is 2.36. The van der Waals surface area contributed by atoms with Crippen molar-refractivity contribution in [3.8, 4) is 55.6 Å². The van der Waals surface area contributed by atoms with Crippen molar-refractivity contribution in [3.63, 3.8) is 0 Å². The molecule has 2 heterocycles. The number of nitrogens with zero attached hydrogens (tertiary/aromatic N) is 1. The summed E-state index contributed by atoms with van der Waals surface area (Å²) in [6, 6.07) is 90.0. The van der Waals surface area contributed by atoms with Gasteiger partial charge in [0.1, 0.15) is 11.2 Å². The largest absolute Gasteiger partial charge is 0.455 e. The second-order valence-electron chi connectivity index (χ2n) is 17.2. The molecular formula is C64H41NOS. The molecule has 3 heteroatoms. The third-order valence-electron chi connectivity index (χ3n) is 13.3. The van der Waals surface area contributed by atoms with Gasteiger partial charge in [0, 0.05) is 59.0 Å². The molecule has 13 aromatic rings. The molecule has 2 aromatic heterocycles. The van der Waals surface area contributed by atoms with Gasteiger partial charge in [-0.2, -0.15) is 0 Å². The van der Waals surface area contributed by atoms with Crippen molar-refractivity contribution in [2.45, 2.75) is 0 Å². The van der Waals surface area contributed by atoms with Gasteiger partial charge in [-0.15, -0.1) is 11.3 Å². The Morgan fingerprint density at radius 1 is 0.299 bits per heavy atom. The van der Waals surface area contributed by atoms with Crippen LogP contribution >= 0.6 is 11.3 Å². The minimum absolute atomic E-state index is 0.903. The predicted molar refractivity (Wildman–Crippen MR) is 286 cm³/mol. The zero-order valence-electron chi connectivity index (χ0n) is 36.4.